The van der Waals surface area contributed by atoms with Gasteiger partial charge in [-0.25, -0.2) is 0 Å². The highest BCUT2D eigenvalue weighted by molar-refractivity contribution is 5.95. The van der Waals surface area contributed by atoms with E-state index in [1.165, 1.54) is 44.1 Å². The maximum absolute atomic E-state index is 11.7. The number of carbonyl (C=O) groups is 1. The third-order valence-electron chi connectivity index (χ3n) is 3.29. The van der Waals surface area contributed by atoms with Gasteiger partial charge in [-0.3, -0.25) is 4.79 Å². The van der Waals surface area contributed by atoms with E-state index >= 15 is 0 Å². The van der Waals surface area contributed by atoms with Crippen LogP contribution in [0.15, 0.2) is 24.3 Å². The lowest BCUT2D eigenvalue weighted by Crippen LogP contribution is -2.19. The van der Waals surface area contributed by atoms with Crippen LogP contribution in [0.25, 0.3) is 0 Å². The molecule has 0 atom stereocenters. The molecule has 0 spiro atoms. The summed E-state index contributed by atoms with van der Waals surface area (Å²) in [5.74, 6) is 0.0246. The fourth-order valence-corrected chi connectivity index (χ4v) is 2.19. The van der Waals surface area contributed by atoms with Gasteiger partial charge in [-0.05, 0) is 24.5 Å². The Morgan fingerprint density at radius 3 is 2.44 bits per heavy atom. The first-order valence-corrected chi connectivity index (χ1v) is 7.09. The summed E-state index contributed by atoms with van der Waals surface area (Å²) < 4.78 is 0. The molecule has 0 aliphatic rings. The zero-order valence-electron chi connectivity index (χ0n) is 11.7. The molecular formula is C16H25NO. The van der Waals surface area contributed by atoms with Gasteiger partial charge >= 0.3 is 0 Å². The number of benzene rings is 1. The summed E-state index contributed by atoms with van der Waals surface area (Å²) in [7, 11) is 1.68. The smallest absolute Gasteiger partial charge is 0.251 e. The molecule has 2 nitrogen and oxygen atoms in total. The van der Waals surface area contributed by atoms with Gasteiger partial charge in [-0.2, -0.15) is 0 Å². The molecular weight excluding hydrogens is 222 g/mol. The van der Waals surface area contributed by atoms with Crippen LogP contribution < -0.4 is 5.32 Å². The Balaban J connectivity index is 2.39. The minimum Gasteiger partial charge on any atom is -0.355 e. The highest BCUT2D eigenvalue weighted by Crippen LogP contribution is 2.14. The van der Waals surface area contributed by atoms with Crippen LogP contribution in [0.4, 0.5) is 0 Å². The number of aryl methyl sites for hydroxylation is 1. The Morgan fingerprint density at radius 2 is 1.72 bits per heavy atom. The number of hydrogen-bond acceptors (Lipinski definition) is 1. The molecule has 0 aromatic heterocycles. The van der Waals surface area contributed by atoms with Gasteiger partial charge in [0.25, 0.3) is 5.91 Å². The standard InChI is InChI=1S/C16H25NO/c1-3-4-5-6-7-8-11-14-12-9-10-13-15(14)16(18)17-2/h9-10,12-13H,3-8,11H2,1-2H3,(H,17,18). The Morgan fingerprint density at radius 1 is 1.06 bits per heavy atom. The minimum atomic E-state index is 0.0246. The number of amides is 1. The Hall–Kier alpha value is -1.31. The fourth-order valence-electron chi connectivity index (χ4n) is 2.19. The van der Waals surface area contributed by atoms with Crippen molar-refractivity contribution in [2.24, 2.45) is 0 Å². The second kappa shape index (κ2) is 8.73. The van der Waals surface area contributed by atoms with Crippen LogP contribution in [0, 0.1) is 0 Å². The predicted octanol–water partition coefficient (Wildman–Crippen LogP) is 3.95. The van der Waals surface area contributed by atoms with Gasteiger partial charge in [0.1, 0.15) is 0 Å². The van der Waals surface area contributed by atoms with Crippen LogP contribution >= 0.6 is 0 Å². The summed E-state index contributed by atoms with van der Waals surface area (Å²) in [5, 5.41) is 2.70. The molecule has 0 saturated heterocycles. The van der Waals surface area contributed by atoms with E-state index in [-0.39, 0.29) is 5.91 Å². The summed E-state index contributed by atoms with van der Waals surface area (Å²) in [4.78, 5) is 11.7. The van der Waals surface area contributed by atoms with Gasteiger partial charge in [0, 0.05) is 12.6 Å². The Labute approximate surface area is 111 Å². The highest BCUT2D eigenvalue weighted by atomic mass is 16.1. The molecule has 0 unspecified atom stereocenters. The lowest BCUT2D eigenvalue weighted by Gasteiger charge is -2.08. The molecule has 18 heavy (non-hydrogen) atoms. The molecule has 1 amide bonds. The molecule has 0 fully saturated rings. The van der Waals surface area contributed by atoms with E-state index in [1.54, 1.807) is 7.05 Å². The van der Waals surface area contributed by atoms with Crippen molar-refractivity contribution in [2.75, 3.05) is 7.05 Å². The number of carbonyl (C=O) groups excluding carboxylic acids is 1. The van der Waals surface area contributed by atoms with Crippen molar-refractivity contribution in [3.05, 3.63) is 35.4 Å². The molecule has 0 heterocycles. The summed E-state index contributed by atoms with van der Waals surface area (Å²) in [6, 6.07) is 7.91. The summed E-state index contributed by atoms with van der Waals surface area (Å²) in [6.45, 7) is 2.24. The molecule has 0 aliphatic heterocycles. The van der Waals surface area contributed by atoms with Gasteiger partial charge in [0.2, 0.25) is 0 Å². The maximum Gasteiger partial charge on any atom is 0.251 e. The second-order valence-corrected chi connectivity index (χ2v) is 4.75. The molecule has 0 radical (unpaired) electrons. The maximum atomic E-state index is 11.7. The zero-order chi connectivity index (χ0) is 13.2. The van der Waals surface area contributed by atoms with Gasteiger partial charge in [-0.15, -0.1) is 0 Å². The molecule has 0 aliphatic carbocycles. The second-order valence-electron chi connectivity index (χ2n) is 4.75. The van der Waals surface area contributed by atoms with Crippen LogP contribution in [0.1, 0.15) is 61.4 Å². The monoisotopic (exact) mass is 247 g/mol. The van der Waals surface area contributed by atoms with Crippen LogP contribution in [-0.4, -0.2) is 13.0 Å². The Bertz CT molecular complexity index is 360. The van der Waals surface area contributed by atoms with E-state index in [1.807, 2.05) is 18.2 Å². The Kier molecular flexibility index (Phi) is 7.16. The first-order chi connectivity index (χ1) is 8.79. The van der Waals surface area contributed by atoms with E-state index in [9.17, 15) is 4.79 Å². The van der Waals surface area contributed by atoms with Crippen molar-refractivity contribution in [1.29, 1.82) is 0 Å². The van der Waals surface area contributed by atoms with Crippen molar-refractivity contribution in [2.45, 2.75) is 51.9 Å². The highest BCUT2D eigenvalue weighted by Gasteiger charge is 2.08. The fraction of sp³-hybridized carbons (Fsp3) is 0.562. The van der Waals surface area contributed by atoms with Crippen molar-refractivity contribution in [3.63, 3.8) is 0 Å². The van der Waals surface area contributed by atoms with Crippen molar-refractivity contribution >= 4 is 5.91 Å². The molecule has 1 aromatic rings. The molecule has 1 aromatic carbocycles. The van der Waals surface area contributed by atoms with Gasteiger partial charge in [-0.1, -0.05) is 57.2 Å². The van der Waals surface area contributed by atoms with Gasteiger partial charge in [0.05, 0.1) is 0 Å². The van der Waals surface area contributed by atoms with E-state index in [4.69, 9.17) is 0 Å². The van der Waals surface area contributed by atoms with Gasteiger partial charge in [0.15, 0.2) is 0 Å². The topological polar surface area (TPSA) is 29.1 Å². The van der Waals surface area contributed by atoms with E-state index < -0.39 is 0 Å². The van der Waals surface area contributed by atoms with E-state index in [0.717, 1.165) is 12.0 Å². The molecule has 1 N–H and O–H groups in total. The summed E-state index contributed by atoms with van der Waals surface area (Å²) >= 11 is 0. The first-order valence-electron chi connectivity index (χ1n) is 7.09. The van der Waals surface area contributed by atoms with Gasteiger partial charge < -0.3 is 5.32 Å². The molecule has 0 saturated carbocycles. The quantitative estimate of drug-likeness (QED) is 0.692. The predicted molar refractivity (Wildman–Crippen MR) is 76.9 cm³/mol. The zero-order valence-corrected chi connectivity index (χ0v) is 11.7. The first kappa shape index (κ1) is 14.7. The van der Waals surface area contributed by atoms with Crippen molar-refractivity contribution in [1.82, 2.24) is 5.32 Å². The van der Waals surface area contributed by atoms with Crippen LogP contribution in [0.5, 0.6) is 0 Å². The lowest BCUT2D eigenvalue weighted by atomic mass is 10.00. The average molecular weight is 247 g/mol. The van der Waals surface area contributed by atoms with Crippen LogP contribution in [0.3, 0.4) is 0 Å². The number of nitrogens with one attached hydrogen (secondary N) is 1. The van der Waals surface area contributed by atoms with Crippen molar-refractivity contribution in [3.8, 4) is 0 Å². The molecule has 1 rings (SSSR count). The van der Waals surface area contributed by atoms with Crippen LogP contribution in [0.2, 0.25) is 0 Å². The largest absolute Gasteiger partial charge is 0.355 e. The van der Waals surface area contributed by atoms with E-state index in [0.29, 0.717) is 0 Å². The molecule has 0 bridgehead atoms. The third kappa shape index (κ3) is 4.91. The average Bonchev–Trinajstić information content (AvgIpc) is 2.42. The molecule has 100 valence electrons. The lowest BCUT2D eigenvalue weighted by molar-refractivity contribution is 0.0962. The molecule has 2 heteroatoms. The third-order valence-corrected chi connectivity index (χ3v) is 3.29. The number of unbranched alkanes of at least 4 members (excludes halogenated alkanes) is 5. The number of hydrogen-bond donors (Lipinski definition) is 1. The minimum absolute atomic E-state index is 0.0246. The van der Waals surface area contributed by atoms with Crippen LogP contribution in [-0.2, 0) is 6.42 Å². The SMILES string of the molecule is CCCCCCCCc1ccccc1C(=O)NC. The summed E-state index contributed by atoms with van der Waals surface area (Å²) in [5.41, 5.74) is 2.00. The number of rotatable bonds is 8. The normalized spacial score (nSPS) is 10.3. The summed E-state index contributed by atoms with van der Waals surface area (Å²) in [6.07, 6.45) is 8.74. The van der Waals surface area contributed by atoms with E-state index in [2.05, 4.69) is 18.3 Å². The van der Waals surface area contributed by atoms with Crippen molar-refractivity contribution < 1.29 is 4.79 Å².